The monoisotopic (exact) mass is 340 g/mol. The second-order valence-electron chi connectivity index (χ2n) is 7.01. The molecule has 0 bridgehead atoms. The van der Waals surface area contributed by atoms with Gasteiger partial charge >= 0.3 is 0 Å². The van der Waals surface area contributed by atoms with Gasteiger partial charge in [-0.25, -0.2) is 0 Å². The van der Waals surface area contributed by atoms with Gasteiger partial charge in [-0.15, -0.1) is 0 Å². The van der Waals surface area contributed by atoms with E-state index in [0.29, 0.717) is 6.10 Å². The highest BCUT2D eigenvalue weighted by atomic mass is 16.5. The summed E-state index contributed by atoms with van der Waals surface area (Å²) in [6.07, 6.45) is 6.29. The van der Waals surface area contributed by atoms with E-state index in [4.69, 9.17) is 9.47 Å². The molecule has 2 N–H and O–H groups in total. The van der Waals surface area contributed by atoms with Crippen LogP contribution in [0.15, 0.2) is 4.99 Å². The second-order valence-corrected chi connectivity index (χ2v) is 7.01. The topological polar surface area (TPSA) is 58.1 Å². The fourth-order valence-electron chi connectivity index (χ4n) is 3.21. The average Bonchev–Trinajstić information content (AvgIpc) is 3.11. The van der Waals surface area contributed by atoms with Crippen molar-refractivity contribution in [1.29, 1.82) is 0 Å². The van der Waals surface area contributed by atoms with E-state index in [1.165, 1.54) is 32.4 Å². The van der Waals surface area contributed by atoms with Crippen LogP contribution >= 0.6 is 0 Å². The Morgan fingerprint density at radius 3 is 2.71 bits per heavy atom. The lowest BCUT2D eigenvalue weighted by molar-refractivity contribution is 0.0168. The highest BCUT2D eigenvalue weighted by molar-refractivity contribution is 5.79. The van der Waals surface area contributed by atoms with Crippen molar-refractivity contribution in [2.75, 3.05) is 59.6 Å². The van der Waals surface area contributed by atoms with Crippen molar-refractivity contribution in [2.45, 2.75) is 45.1 Å². The standard InChI is InChI=1S/C18H36N4O2/c1-16-6-10-22(11-7-16)12-9-21-18(19-2)20-8-4-13-23-15-17-5-3-14-24-17/h16-17H,3-15H2,1-2H3,(H2,19,20,21). The van der Waals surface area contributed by atoms with Crippen LogP contribution in [0.1, 0.15) is 39.0 Å². The van der Waals surface area contributed by atoms with Gasteiger partial charge in [-0.3, -0.25) is 4.99 Å². The van der Waals surface area contributed by atoms with Crippen molar-refractivity contribution >= 4 is 5.96 Å². The van der Waals surface area contributed by atoms with Crippen LogP contribution in [0.4, 0.5) is 0 Å². The molecule has 2 aliphatic rings. The zero-order valence-corrected chi connectivity index (χ0v) is 15.6. The molecule has 2 heterocycles. The number of guanidine groups is 1. The third-order valence-electron chi connectivity index (χ3n) is 4.91. The van der Waals surface area contributed by atoms with Crippen molar-refractivity contribution in [3.05, 3.63) is 0 Å². The maximum Gasteiger partial charge on any atom is 0.191 e. The Bertz CT molecular complexity index is 351. The molecule has 6 nitrogen and oxygen atoms in total. The minimum absolute atomic E-state index is 0.324. The van der Waals surface area contributed by atoms with Gasteiger partial charge in [0, 0.05) is 39.9 Å². The molecule has 2 rings (SSSR count). The van der Waals surface area contributed by atoms with E-state index >= 15 is 0 Å². The third-order valence-corrected chi connectivity index (χ3v) is 4.91. The zero-order valence-electron chi connectivity index (χ0n) is 15.6. The number of ether oxygens (including phenoxy) is 2. The molecule has 0 spiro atoms. The SMILES string of the molecule is CN=C(NCCCOCC1CCCO1)NCCN1CCC(C)CC1. The molecule has 2 aliphatic heterocycles. The van der Waals surface area contributed by atoms with E-state index in [9.17, 15) is 0 Å². The van der Waals surface area contributed by atoms with Crippen LogP contribution in [0, 0.1) is 5.92 Å². The Morgan fingerprint density at radius 2 is 2.00 bits per heavy atom. The number of hydrogen-bond acceptors (Lipinski definition) is 4. The Kier molecular flexibility index (Phi) is 9.46. The summed E-state index contributed by atoms with van der Waals surface area (Å²) in [5.41, 5.74) is 0. The highest BCUT2D eigenvalue weighted by Crippen LogP contribution is 2.15. The molecular formula is C18H36N4O2. The molecule has 2 fully saturated rings. The summed E-state index contributed by atoms with van der Waals surface area (Å²) >= 11 is 0. The number of aliphatic imine (C=N–C) groups is 1. The van der Waals surface area contributed by atoms with Crippen LogP contribution in [0.2, 0.25) is 0 Å². The predicted molar refractivity (Wildman–Crippen MR) is 98.6 cm³/mol. The molecule has 140 valence electrons. The molecule has 2 saturated heterocycles. The summed E-state index contributed by atoms with van der Waals surface area (Å²) in [5.74, 6) is 1.78. The highest BCUT2D eigenvalue weighted by Gasteiger charge is 2.15. The quantitative estimate of drug-likeness (QED) is 0.378. The minimum Gasteiger partial charge on any atom is -0.379 e. The summed E-state index contributed by atoms with van der Waals surface area (Å²) in [7, 11) is 1.83. The van der Waals surface area contributed by atoms with Crippen molar-refractivity contribution in [1.82, 2.24) is 15.5 Å². The normalized spacial score (nSPS) is 23.6. The zero-order chi connectivity index (χ0) is 17.0. The first kappa shape index (κ1) is 19.5. The first-order valence-corrected chi connectivity index (χ1v) is 9.64. The largest absolute Gasteiger partial charge is 0.379 e. The molecule has 0 amide bonds. The Morgan fingerprint density at radius 1 is 1.21 bits per heavy atom. The summed E-state index contributed by atoms with van der Waals surface area (Å²) in [6, 6.07) is 0. The number of hydrogen-bond donors (Lipinski definition) is 2. The molecule has 1 unspecified atom stereocenters. The lowest BCUT2D eigenvalue weighted by atomic mass is 9.99. The summed E-state index contributed by atoms with van der Waals surface area (Å²) in [4.78, 5) is 6.82. The summed E-state index contributed by atoms with van der Waals surface area (Å²) < 4.78 is 11.2. The number of rotatable bonds is 9. The molecule has 0 aromatic carbocycles. The first-order valence-electron chi connectivity index (χ1n) is 9.64. The van der Waals surface area contributed by atoms with Crippen LogP contribution in [0.25, 0.3) is 0 Å². The lowest BCUT2D eigenvalue weighted by Gasteiger charge is -2.30. The molecular weight excluding hydrogens is 304 g/mol. The minimum atomic E-state index is 0.324. The van der Waals surface area contributed by atoms with Gasteiger partial charge in [0.25, 0.3) is 0 Å². The van der Waals surface area contributed by atoms with Crippen molar-refractivity contribution in [2.24, 2.45) is 10.9 Å². The van der Waals surface area contributed by atoms with Crippen molar-refractivity contribution in [3.63, 3.8) is 0 Å². The van der Waals surface area contributed by atoms with Gasteiger partial charge in [0.2, 0.25) is 0 Å². The van der Waals surface area contributed by atoms with Gasteiger partial charge in [0.1, 0.15) is 0 Å². The van der Waals surface area contributed by atoms with Crippen LogP contribution in [-0.4, -0.2) is 76.6 Å². The van der Waals surface area contributed by atoms with Gasteiger partial charge in [0.15, 0.2) is 5.96 Å². The van der Waals surface area contributed by atoms with Crippen LogP contribution < -0.4 is 10.6 Å². The maximum absolute atomic E-state index is 5.67. The molecule has 0 aliphatic carbocycles. The number of piperidine rings is 1. The Balaban J connectivity index is 1.43. The van der Waals surface area contributed by atoms with Gasteiger partial charge in [-0.05, 0) is 51.1 Å². The van der Waals surface area contributed by atoms with Crippen molar-refractivity contribution < 1.29 is 9.47 Å². The van der Waals surface area contributed by atoms with Crippen LogP contribution in [0.3, 0.4) is 0 Å². The average molecular weight is 341 g/mol. The maximum atomic E-state index is 5.67. The molecule has 24 heavy (non-hydrogen) atoms. The fraction of sp³-hybridized carbons (Fsp3) is 0.944. The van der Waals surface area contributed by atoms with E-state index in [1.54, 1.807) is 0 Å². The molecule has 0 aromatic heterocycles. The summed E-state index contributed by atoms with van der Waals surface area (Å²) in [5, 5.41) is 6.75. The van der Waals surface area contributed by atoms with E-state index in [-0.39, 0.29) is 0 Å². The van der Waals surface area contributed by atoms with Crippen molar-refractivity contribution in [3.8, 4) is 0 Å². The van der Waals surface area contributed by atoms with Gasteiger partial charge in [-0.2, -0.15) is 0 Å². The number of nitrogens with zero attached hydrogens (tertiary/aromatic N) is 2. The molecule has 6 heteroatoms. The molecule has 1 atom stereocenters. The van der Waals surface area contributed by atoms with Gasteiger partial charge in [0.05, 0.1) is 12.7 Å². The van der Waals surface area contributed by atoms with E-state index in [1.807, 2.05) is 7.05 Å². The van der Waals surface area contributed by atoms with E-state index in [0.717, 1.165) is 64.2 Å². The molecule has 0 saturated carbocycles. The molecule has 0 radical (unpaired) electrons. The van der Waals surface area contributed by atoms with E-state index in [2.05, 4.69) is 27.4 Å². The second kappa shape index (κ2) is 11.7. The fourth-order valence-corrected chi connectivity index (χ4v) is 3.21. The first-order chi connectivity index (χ1) is 11.8. The van der Waals surface area contributed by atoms with Gasteiger partial charge < -0.3 is 25.0 Å². The van der Waals surface area contributed by atoms with Gasteiger partial charge in [-0.1, -0.05) is 6.92 Å². The number of nitrogens with one attached hydrogen (secondary N) is 2. The Labute approximate surface area is 147 Å². The molecule has 0 aromatic rings. The number of likely N-dealkylation sites (tertiary alicyclic amines) is 1. The smallest absolute Gasteiger partial charge is 0.191 e. The summed E-state index contributed by atoms with van der Waals surface area (Å²) in [6.45, 7) is 10.2. The van der Waals surface area contributed by atoms with Crippen LogP contribution in [-0.2, 0) is 9.47 Å². The lowest BCUT2D eigenvalue weighted by Crippen LogP contribution is -2.43. The predicted octanol–water partition coefficient (Wildman–Crippen LogP) is 1.47. The third kappa shape index (κ3) is 7.81. The Hall–Kier alpha value is -0.850. The van der Waals surface area contributed by atoms with E-state index < -0.39 is 0 Å². The van der Waals surface area contributed by atoms with Crippen LogP contribution in [0.5, 0.6) is 0 Å².